The van der Waals surface area contributed by atoms with Crippen molar-refractivity contribution < 1.29 is 14.4 Å². The van der Waals surface area contributed by atoms with Crippen LogP contribution < -0.4 is 16.4 Å². The zero-order chi connectivity index (χ0) is 18.4. The fourth-order valence-corrected chi connectivity index (χ4v) is 2.77. The molecule has 0 bridgehead atoms. The zero-order valence-electron chi connectivity index (χ0n) is 14.7. The lowest BCUT2D eigenvalue weighted by atomic mass is 9.97. The molecule has 1 aromatic carbocycles. The van der Waals surface area contributed by atoms with Crippen LogP contribution in [0.15, 0.2) is 24.3 Å². The van der Waals surface area contributed by atoms with Gasteiger partial charge in [-0.05, 0) is 30.5 Å². The van der Waals surface area contributed by atoms with Gasteiger partial charge in [0.05, 0.1) is 5.92 Å². The van der Waals surface area contributed by atoms with Gasteiger partial charge in [-0.25, -0.2) is 4.79 Å². The largest absolute Gasteiger partial charge is 0.352 e. The fraction of sp³-hybridized carbons (Fsp3) is 0.500. The van der Waals surface area contributed by atoms with Gasteiger partial charge in [-0.2, -0.15) is 0 Å². The number of likely N-dealkylation sites (tertiary alicyclic amines) is 1. The maximum Gasteiger partial charge on any atom is 0.314 e. The SMILES string of the molecule is CC(C)C(=O)Nc1cccc(CNC(=O)[C@@H]2CCCN(C(N)=O)C2)c1. The number of carbonyl (C=O) groups excluding carboxylic acids is 3. The van der Waals surface area contributed by atoms with Crippen LogP contribution in [0.5, 0.6) is 0 Å². The first-order valence-corrected chi connectivity index (χ1v) is 8.58. The van der Waals surface area contributed by atoms with Gasteiger partial charge in [0.15, 0.2) is 0 Å². The fourth-order valence-electron chi connectivity index (χ4n) is 2.77. The van der Waals surface area contributed by atoms with Crippen LogP contribution in [0.4, 0.5) is 10.5 Å². The van der Waals surface area contributed by atoms with Crippen LogP contribution in [-0.4, -0.2) is 35.8 Å². The summed E-state index contributed by atoms with van der Waals surface area (Å²) in [4.78, 5) is 36.9. The highest BCUT2D eigenvalue weighted by molar-refractivity contribution is 5.92. The molecule has 1 aliphatic heterocycles. The lowest BCUT2D eigenvalue weighted by Crippen LogP contribution is -2.47. The van der Waals surface area contributed by atoms with Crippen molar-refractivity contribution in [3.8, 4) is 0 Å². The second-order valence-corrected chi connectivity index (χ2v) is 6.69. The molecule has 0 spiro atoms. The van der Waals surface area contributed by atoms with Crippen molar-refractivity contribution in [2.45, 2.75) is 33.2 Å². The van der Waals surface area contributed by atoms with Gasteiger partial charge in [-0.1, -0.05) is 26.0 Å². The molecule has 1 saturated heterocycles. The highest BCUT2D eigenvalue weighted by Gasteiger charge is 2.27. The van der Waals surface area contributed by atoms with Crippen LogP contribution in [0.25, 0.3) is 0 Å². The van der Waals surface area contributed by atoms with Gasteiger partial charge >= 0.3 is 6.03 Å². The van der Waals surface area contributed by atoms with Gasteiger partial charge in [0, 0.05) is 31.2 Å². The second-order valence-electron chi connectivity index (χ2n) is 6.69. The smallest absolute Gasteiger partial charge is 0.314 e. The quantitative estimate of drug-likeness (QED) is 0.755. The van der Waals surface area contributed by atoms with Gasteiger partial charge in [-0.15, -0.1) is 0 Å². The lowest BCUT2D eigenvalue weighted by molar-refractivity contribution is -0.126. The van der Waals surface area contributed by atoms with Gasteiger partial charge < -0.3 is 21.3 Å². The van der Waals surface area contributed by atoms with Crippen LogP contribution in [0.1, 0.15) is 32.3 Å². The Morgan fingerprint density at radius 1 is 1.32 bits per heavy atom. The number of hydrogen-bond acceptors (Lipinski definition) is 3. The molecule has 7 nitrogen and oxygen atoms in total. The number of amides is 4. The third kappa shape index (κ3) is 5.48. The van der Waals surface area contributed by atoms with E-state index >= 15 is 0 Å². The molecular formula is C18H26N4O3. The Labute approximate surface area is 147 Å². The van der Waals surface area contributed by atoms with E-state index in [1.807, 2.05) is 38.1 Å². The number of anilines is 1. The Kier molecular flexibility index (Phi) is 6.38. The first kappa shape index (κ1) is 18.8. The number of nitrogens with zero attached hydrogens (tertiary/aromatic N) is 1. The molecule has 1 fully saturated rings. The summed E-state index contributed by atoms with van der Waals surface area (Å²) in [7, 11) is 0. The maximum absolute atomic E-state index is 12.3. The Balaban J connectivity index is 1.89. The Hall–Kier alpha value is -2.57. The minimum absolute atomic E-state index is 0.0464. The summed E-state index contributed by atoms with van der Waals surface area (Å²) in [6.45, 7) is 5.01. The summed E-state index contributed by atoms with van der Waals surface area (Å²) >= 11 is 0. The normalized spacial score (nSPS) is 17.2. The molecule has 0 saturated carbocycles. The van der Waals surface area contributed by atoms with Crippen LogP contribution in [0.2, 0.25) is 0 Å². The van der Waals surface area contributed by atoms with Crippen molar-refractivity contribution in [1.29, 1.82) is 0 Å². The van der Waals surface area contributed by atoms with Crippen molar-refractivity contribution in [3.05, 3.63) is 29.8 Å². The molecular weight excluding hydrogens is 320 g/mol. The van der Waals surface area contributed by atoms with Crippen molar-refractivity contribution in [3.63, 3.8) is 0 Å². The number of rotatable bonds is 5. The number of carbonyl (C=O) groups is 3. The number of piperidine rings is 1. The lowest BCUT2D eigenvalue weighted by Gasteiger charge is -2.30. The molecule has 136 valence electrons. The van der Waals surface area contributed by atoms with Crippen molar-refractivity contribution in [1.82, 2.24) is 10.2 Å². The second kappa shape index (κ2) is 8.50. The highest BCUT2D eigenvalue weighted by atomic mass is 16.2. The molecule has 4 amide bonds. The highest BCUT2D eigenvalue weighted by Crippen LogP contribution is 2.17. The number of hydrogen-bond donors (Lipinski definition) is 3. The molecule has 0 unspecified atom stereocenters. The summed E-state index contributed by atoms with van der Waals surface area (Å²) in [6, 6.07) is 6.91. The summed E-state index contributed by atoms with van der Waals surface area (Å²) in [5.74, 6) is -0.453. The molecule has 0 aliphatic carbocycles. The topological polar surface area (TPSA) is 105 Å². The number of nitrogens with two attached hydrogens (primary N) is 1. The number of benzene rings is 1. The van der Waals surface area contributed by atoms with Crippen LogP contribution in [-0.2, 0) is 16.1 Å². The standard InChI is InChI=1S/C18H26N4O3/c1-12(2)16(23)21-15-7-3-5-13(9-15)10-20-17(24)14-6-4-8-22(11-14)18(19)25/h3,5,7,9,12,14H,4,6,8,10-11H2,1-2H3,(H2,19,25)(H,20,24)(H,21,23)/t14-/m1/s1. The van der Waals surface area contributed by atoms with Crippen molar-refractivity contribution in [2.24, 2.45) is 17.6 Å². The number of urea groups is 1. The molecule has 1 aromatic rings. The van der Waals surface area contributed by atoms with E-state index in [2.05, 4.69) is 10.6 Å². The Bertz CT molecular complexity index is 645. The van der Waals surface area contributed by atoms with E-state index < -0.39 is 6.03 Å². The Morgan fingerprint density at radius 3 is 2.76 bits per heavy atom. The Morgan fingerprint density at radius 2 is 2.08 bits per heavy atom. The van der Waals surface area contributed by atoms with Crippen LogP contribution in [0.3, 0.4) is 0 Å². The minimum atomic E-state index is -0.480. The monoisotopic (exact) mass is 346 g/mol. The average molecular weight is 346 g/mol. The molecule has 7 heteroatoms. The molecule has 25 heavy (non-hydrogen) atoms. The van der Waals surface area contributed by atoms with E-state index in [9.17, 15) is 14.4 Å². The van der Waals surface area contributed by atoms with Crippen LogP contribution in [0, 0.1) is 11.8 Å². The molecule has 1 atom stereocenters. The first-order valence-electron chi connectivity index (χ1n) is 8.58. The van der Waals surface area contributed by atoms with E-state index in [4.69, 9.17) is 5.73 Å². The van der Waals surface area contributed by atoms with E-state index in [0.29, 0.717) is 25.3 Å². The van der Waals surface area contributed by atoms with E-state index in [1.165, 1.54) is 4.90 Å². The maximum atomic E-state index is 12.3. The van der Waals surface area contributed by atoms with Crippen LogP contribution >= 0.6 is 0 Å². The van der Waals surface area contributed by atoms with E-state index in [1.54, 1.807) is 0 Å². The van der Waals surface area contributed by atoms with Gasteiger partial charge in [0.1, 0.15) is 0 Å². The van der Waals surface area contributed by atoms with Crippen molar-refractivity contribution in [2.75, 3.05) is 18.4 Å². The zero-order valence-corrected chi connectivity index (χ0v) is 14.7. The predicted molar refractivity (Wildman–Crippen MR) is 95.6 cm³/mol. The number of primary amides is 1. The molecule has 2 rings (SSSR count). The third-order valence-corrected chi connectivity index (χ3v) is 4.29. The third-order valence-electron chi connectivity index (χ3n) is 4.29. The minimum Gasteiger partial charge on any atom is -0.352 e. The predicted octanol–water partition coefficient (Wildman–Crippen LogP) is 1.69. The molecule has 1 aliphatic rings. The molecule has 0 radical (unpaired) electrons. The molecule has 4 N–H and O–H groups in total. The molecule has 1 heterocycles. The van der Waals surface area contributed by atoms with E-state index in [0.717, 1.165) is 18.4 Å². The summed E-state index contributed by atoms with van der Waals surface area (Å²) in [5.41, 5.74) is 6.90. The van der Waals surface area contributed by atoms with E-state index in [-0.39, 0.29) is 23.7 Å². The molecule has 0 aromatic heterocycles. The van der Waals surface area contributed by atoms with Gasteiger partial charge in [0.25, 0.3) is 0 Å². The summed E-state index contributed by atoms with van der Waals surface area (Å²) < 4.78 is 0. The number of nitrogens with one attached hydrogen (secondary N) is 2. The van der Waals surface area contributed by atoms with Gasteiger partial charge in [0.2, 0.25) is 11.8 Å². The van der Waals surface area contributed by atoms with Gasteiger partial charge in [-0.3, -0.25) is 9.59 Å². The first-order chi connectivity index (χ1) is 11.9. The average Bonchev–Trinajstić information content (AvgIpc) is 2.60. The van der Waals surface area contributed by atoms with Crippen molar-refractivity contribution >= 4 is 23.5 Å². The summed E-state index contributed by atoms with van der Waals surface area (Å²) in [5, 5.41) is 5.74. The summed E-state index contributed by atoms with van der Waals surface area (Å²) in [6.07, 6.45) is 1.53.